The third-order valence-corrected chi connectivity index (χ3v) is 11.0. The normalized spacial score (nSPS) is 14.5. The molecule has 0 aromatic heterocycles. The SMILES string of the molecule is CC[C@H](C)[C@H](OC(=O)[C@H](Cc1ccc(C)cc1)N(C)C)C(=O)C[C@H](C(=O)N(C)[C@H](Cc1ccc(O)cc1)C(=O)N(C)[C@@H](Cc1ccc(C)cc1)C(=O)OC)C(C)C. The Bertz CT molecular complexity index is 1790. The van der Waals surface area contributed by atoms with E-state index in [0.29, 0.717) is 18.4 Å². The van der Waals surface area contributed by atoms with Crippen molar-refractivity contribution in [3.8, 4) is 5.75 Å². The van der Waals surface area contributed by atoms with Crippen LogP contribution in [0.5, 0.6) is 5.75 Å². The number of hydrogen-bond acceptors (Lipinski definition) is 9. The van der Waals surface area contributed by atoms with Gasteiger partial charge in [-0.15, -0.1) is 0 Å². The Morgan fingerprint density at radius 2 is 1.07 bits per heavy atom. The third-order valence-electron chi connectivity index (χ3n) is 11.0. The molecule has 0 radical (unpaired) electrons. The predicted molar refractivity (Wildman–Crippen MR) is 221 cm³/mol. The summed E-state index contributed by atoms with van der Waals surface area (Å²) in [6.45, 7) is 11.4. The number of methoxy groups -OCH3 is 1. The fraction of sp³-hybridized carbons (Fsp3) is 0.500. The van der Waals surface area contributed by atoms with E-state index in [-0.39, 0.29) is 42.6 Å². The van der Waals surface area contributed by atoms with Crippen LogP contribution in [0.15, 0.2) is 72.8 Å². The van der Waals surface area contributed by atoms with E-state index in [1.54, 1.807) is 31.1 Å². The lowest BCUT2D eigenvalue weighted by Crippen LogP contribution is -2.55. The minimum Gasteiger partial charge on any atom is -0.508 e. The maximum atomic E-state index is 14.6. The van der Waals surface area contributed by atoms with Gasteiger partial charge < -0.3 is 24.4 Å². The number of amides is 2. The van der Waals surface area contributed by atoms with Crippen molar-refractivity contribution in [1.29, 1.82) is 0 Å². The largest absolute Gasteiger partial charge is 0.508 e. The maximum absolute atomic E-state index is 14.6. The number of ether oxygens (including phenoxy) is 2. The number of Topliss-reactive ketones (excluding diaryl/α,β-unsaturated/α-hetero) is 1. The molecule has 11 heteroatoms. The number of rotatable bonds is 20. The van der Waals surface area contributed by atoms with Gasteiger partial charge in [0.15, 0.2) is 11.9 Å². The molecule has 0 bridgehead atoms. The molecule has 0 unspecified atom stereocenters. The van der Waals surface area contributed by atoms with Crippen molar-refractivity contribution in [2.75, 3.05) is 35.3 Å². The topological polar surface area (TPSA) is 134 Å². The number of aromatic hydroxyl groups is 1. The summed E-state index contributed by atoms with van der Waals surface area (Å²) in [5.41, 5.74) is 4.63. The van der Waals surface area contributed by atoms with Gasteiger partial charge in [-0.05, 0) is 75.5 Å². The Hall–Kier alpha value is -5.03. The first kappa shape index (κ1) is 46.4. The summed E-state index contributed by atoms with van der Waals surface area (Å²) in [5, 5.41) is 9.95. The molecule has 0 aliphatic heterocycles. The van der Waals surface area contributed by atoms with E-state index in [9.17, 15) is 29.1 Å². The third kappa shape index (κ3) is 13.0. The summed E-state index contributed by atoms with van der Waals surface area (Å²) in [6.07, 6.45) is -0.0562. The van der Waals surface area contributed by atoms with Crippen LogP contribution in [0.4, 0.5) is 0 Å². The van der Waals surface area contributed by atoms with Crippen molar-refractivity contribution in [3.63, 3.8) is 0 Å². The van der Waals surface area contributed by atoms with Crippen molar-refractivity contribution in [2.45, 2.75) is 97.9 Å². The second kappa shape index (κ2) is 21.5. The molecule has 310 valence electrons. The number of phenolic OH excluding ortho intramolecular Hbond substituents is 1. The van der Waals surface area contributed by atoms with E-state index < -0.39 is 53.9 Å². The molecule has 57 heavy (non-hydrogen) atoms. The number of phenols is 1. The molecule has 0 aliphatic rings. The van der Waals surface area contributed by atoms with Gasteiger partial charge in [-0.3, -0.25) is 24.1 Å². The van der Waals surface area contributed by atoms with Gasteiger partial charge in [0.2, 0.25) is 11.8 Å². The van der Waals surface area contributed by atoms with E-state index in [1.807, 2.05) is 90.1 Å². The molecule has 2 amide bonds. The Balaban J connectivity index is 1.93. The molecule has 0 saturated carbocycles. The van der Waals surface area contributed by atoms with E-state index >= 15 is 0 Å². The lowest BCUT2D eigenvalue weighted by atomic mass is 9.85. The maximum Gasteiger partial charge on any atom is 0.328 e. The van der Waals surface area contributed by atoms with Gasteiger partial charge in [-0.25, -0.2) is 4.79 Å². The zero-order valence-corrected chi connectivity index (χ0v) is 35.7. The van der Waals surface area contributed by atoms with Gasteiger partial charge in [0.1, 0.15) is 23.9 Å². The van der Waals surface area contributed by atoms with Gasteiger partial charge in [0.25, 0.3) is 0 Å². The number of carbonyl (C=O) groups is 5. The average molecular weight is 786 g/mol. The van der Waals surface area contributed by atoms with Gasteiger partial charge in [0.05, 0.1) is 7.11 Å². The van der Waals surface area contributed by atoms with Crippen LogP contribution in [0.2, 0.25) is 0 Å². The molecule has 0 spiro atoms. The number of esters is 2. The Kier molecular flexibility index (Phi) is 17.5. The van der Waals surface area contributed by atoms with Crippen molar-refractivity contribution in [1.82, 2.24) is 14.7 Å². The van der Waals surface area contributed by atoms with Gasteiger partial charge in [-0.2, -0.15) is 0 Å². The Labute approximate surface area is 339 Å². The molecule has 6 atom stereocenters. The minimum absolute atomic E-state index is 0.0500. The predicted octanol–water partition coefficient (Wildman–Crippen LogP) is 5.98. The zero-order chi connectivity index (χ0) is 42.6. The van der Waals surface area contributed by atoms with Crippen LogP contribution >= 0.6 is 0 Å². The molecular weight excluding hydrogens is 723 g/mol. The van der Waals surface area contributed by atoms with Crippen LogP contribution in [-0.4, -0.2) is 109 Å². The smallest absolute Gasteiger partial charge is 0.328 e. The second-order valence-electron chi connectivity index (χ2n) is 15.9. The van der Waals surface area contributed by atoms with Crippen molar-refractivity contribution >= 4 is 29.5 Å². The summed E-state index contributed by atoms with van der Waals surface area (Å²) < 4.78 is 11.2. The number of nitrogens with zero attached hydrogens (tertiary/aromatic N) is 3. The summed E-state index contributed by atoms with van der Waals surface area (Å²) in [7, 11) is 7.92. The Morgan fingerprint density at radius 1 is 0.632 bits per heavy atom. The average Bonchev–Trinajstić information content (AvgIpc) is 3.19. The summed E-state index contributed by atoms with van der Waals surface area (Å²) in [4.78, 5) is 74.7. The highest BCUT2D eigenvalue weighted by molar-refractivity contribution is 5.94. The lowest BCUT2D eigenvalue weighted by Gasteiger charge is -2.36. The van der Waals surface area contributed by atoms with Crippen LogP contribution in [0.25, 0.3) is 0 Å². The number of benzene rings is 3. The molecule has 11 nitrogen and oxygen atoms in total. The van der Waals surface area contributed by atoms with Crippen molar-refractivity contribution < 1.29 is 38.6 Å². The summed E-state index contributed by atoms with van der Waals surface area (Å²) in [5.74, 6) is -3.85. The molecule has 0 fully saturated rings. The quantitative estimate of drug-likeness (QED) is 0.137. The summed E-state index contributed by atoms with van der Waals surface area (Å²) in [6, 6.07) is 19.2. The lowest BCUT2D eigenvalue weighted by molar-refractivity contribution is -0.163. The Morgan fingerprint density at radius 3 is 1.51 bits per heavy atom. The molecule has 0 aliphatic carbocycles. The minimum atomic E-state index is -1.08. The first-order chi connectivity index (χ1) is 26.9. The molecular formula is C46H63N3O8. The van der Waals surface area contributed by atoms with E-state index in [2.05, 4.69) is 0 Å². The first-order valence-electron chi connectivity index (χ1n) is 19.8. The van der Waals surface area contributed by atoms with Crippen LogP contribution in [0.1, 0.15) is 68.4 Å². The fourth-order valence-corrected chi connectivity index (χ4v) is 6.79. The van der Waals surface area contributed by atoms with Crippen molar-refractivity contribution in [2.24, 2.45) is 17.8 Å². The molecule has 3 rings (SSSR count). The number of aryl methyl sites for hydroxylation is 2. The van der Waals surface area contributed by atoms with E-state index in [0.717, 1.165) is 22.3 Å². The van der Waals surface area contributed by atoms with Crippen LogP contribution in [-0.2, 0) is 52.7 Å². The van der Waals surface area contributed by atoms with Crippen LogP contribution in [0, 0.1) is 31.6 Å². The zero-order valence-electron chi connectivity index (χ0n) is 35.7. The van der Waals surface area contributed by atoms with Gasteiger partial charge >= 0.3 is 11.9 Å². The van der Waals surface area contributed by atoms with Gasteiger partial charge in [0, 0.05) is 45.2 Å². The molecule has 0 saturated heterocycles. The van der Waals surface area contributed by atoms with E-state index in [4.69, 9.17) is 9.47 Å². The van der Waals surface area contributed by atoms with E-state index in [1.165, 1.54) is 43.1 Å². The monoisotopic (exact) mass is 785 g/mol. The number of likely N-dealkylation sites (N-methyl/N-ethyl adjacent to an activating group) is 3. The second-order valence-corrected chi connectivity index (χ2v) is 15.9. The summed E-state index contributed by atoms with van der Waals surface area (Å²) >= 11 is 0. The van der Waals surface area contributed by atoms with Crippen LogP contribution < -0.4 is 0 Å². The highest BCUT2D eigenvalue weighted by Gasteiger charge is 2.40. The molecule has 3 aromatic carbocycles. The number of ketones is 1. The van der Waals surface area contributed by atoms with Gasteiger partial charge in [-0.1, -0.05) is 99.5 Å². The highest BCUT2D eigenvalue weighted by atomic mass is 16.5. The number of carbonyl (C=O) groups excluding carboxylic acids is 5. The standard InChI is InChI=1S/C46H63N3O8/c1-12-32(6)42(57-46(55)39(47(7)8)26-33-17-13-30(4)14-18-33)41(51)28-37(29(2)3)43(52)48(9)38(25-35-21-23-36(50)24-22-35)44(53)49(10)40(45(54)56-11)27-34-19-15-31(5)16-20-34/h13-24,29,32,37-40,42,50H,12,25-28H2,1-11H3/t32-,37-,38+,39-,40-,42-/m0/s1. The fourth-order valence-electron chi connectivity index (χ4n) is 6.79. The molecule has 0 heterocycles. The molecule has 3 aromatic rings. The molecule has 1 N–H and O–H groups in total. The first-order valence-corrected chi connectivity index (χ1v) is 19.8. The van der Waals surface area contributed by atoms with Crippen LogP contribution in [0.3, 0.4) is 0 Å². The number of hydrogen-bond donors (Lipinski definition) is 1. The van der Waals surface area contributed by atoms with Crippen molar-refractivity contribution in [3.05, 3.63) is 101 Å². The highest BCUT2D eigenvalue weighted by Crippen LogP contribution is 2.26.